The average Bonchev–Trinajstić information content (AvgIpc) is 3.12. The first-order valence-electron chi connectivity index (χ1n) is 11.0. The standard InChI is InChI=1S/C22H32N6O/c1-15-11-21(27-26-15)25-20-13-19(23-16(2)24-20)12-17-7-6-10-28(14-17)22(29)18-8-4-3-5-9-18/h11,13,17-18H,3-10,12,14H2,1-2H3,(H2,23,24,25,26,27)/t17-/m1/s1. The van der Waals surface area contributed by atoms with Gasteiger partial charge in [-0.1, -0.05) is 19.3 Å². The number of H-pyrrole nitrogens is 1. The van der Waals surface area contributed by atoms with Crippen molar-refractivity contribution >= 4 is 17.5 Å². The van der Waals surface area contributed by atoms with E-state index in [0.29, 0.717) is 11.8 Å². The van der Waals surface area contributed by atoms with Gasteiger partial charge in [-0.05, 0) is 51.9 Å². The summed E-state index contributed by atoms with van der Waals surface area (Å²) in [6.45, 7) is 5.67. The topological polar surface area (TPSA) is 86.8 Å². The van der Waals surface area contributed by atoms with Gasteiger partial charge in [-0.2, -0.15) is 5.10 Å². The maximum absolute atomic E-state index is 12.9. The summed E-state index contributed by atoms with van der Waals surface area (Å²) in [6, 6.07) is 3.96. The molecule has 0 radical (unpaired) electrons. The minimum Gasteiger partial charge on any atom is -0.342 e. The largest absolute Gasteiger partial charge is 0.342 e. The number of aromatic nitrogens is 4. The molecule has 1 atom stereocenters. The van der Waals surface area contributed by atoms with E-state index in [0.717, 1.165) is 74.0 Å². The molecule has 1 aliphatic carbocycles. The number of rotatable bonds is 5. The average molecular weight is 397 g/mol. The van der Waals surface area contributed by atoms with Gasteiger partial charge in [0.15, 0.2) is 5.82 Å². The highest BCUT2D eigenvalue weighted by atomic mass is 16.2. The molecule has 0 spiro atoms. The van der Waals surface area contributed by atoms with E-state index >= 15 is 0 Å². The third kappa shape index (κ3) is 5.14. The molecule has 2 aromatic rings. The number of carbonyl (C=O) groups is 1. The van der Waals surface area contributed by atoms with Crippen LogP contribution in [0, 0.1) is 25.7 Å². The Kier molecular flexibility index (Phi) is 6.11. The van der Waals surface area contributed by atoms with Crippen molar-refractivity contribution in [3.8, 4) is 0 Å². The molecule has 0 aromatic carbocycles. The van der Waals surface area contributed by atoms with Gasteiger partial charge in [0.25, 0.3) is 0 Å². The monoisotopic (exact) mass is 396 g/mol. The summed E-state index contributed by atoms with van der Waals surface area (Å²) in [5, 5.41) is 10.4. The molecule has 2 aliphatic rings. The fourth-order valence-electron chi connectivity index (χ4n) is 4.75. The Morgan fingerprint density at radius 2 is 1.93 bits per heavy atom. The molecule has 2 N–H and O–H groups in total. The number of hydrogen-bond acceptors (Lipinski definition) is 5. The number of carbonyl (C=O) groups excluding carboxylic acids is 1. The number of aryl methyl sites for hydroxylation is 2. The van der Waals surface area contributed by atoms with Gasteiger partial charge in [-0.25, -0.2) is 9.97 Å². The van der Waals surface area contributed by atoms with E-state index in [2.05, 4.69) is 30.4 Å². The molecule has 1 amide bonds. The van der Waals surface area contributed by atoms with Crippen LogP contribution in [0.5, 0.6) is 0 Å². The van der Waals surface area contributed by atoms with Crippen LogP contribution < -0.4 is 5.32 Å². The zero-order chi connectivity index (χ0) is 20.2. The van der Waals surface area contributed by atoms with Crippen molar-refractivity contribution in [3.63, 3.8) is 0 Å². The lowest BCUT2D eigenvalue weighted by Crippen LogP contribution is -2.44. The summed E-state index contributed by atoms with van der Waals surface area (Å²) in [5.41, 5.74) is 2.03. The van der Waals surface area contributed by atoms with Gasteiger partial charge in [0, 0.05) is 42.5 Å². The van der Waals surface area contributed by atoms with Crippen LogP contribution in [-0.2, 0) is 11.2 Å². The number of amides is 1. The molecule has 7 nitrogen and oxygen atoms in total. The highest BCUT2D eigenvalue weighted by Crippen LogP contribution is 2.28. The second-order valence-corrected chi connectivity index (χ2v) is 8.68. The second-order valence-electron chi connectivity index (χ2n) is 8.68. The Morgan fingerprint density at radius 1 is 1.10 bits per heavy atom. The molecule has 2 fully saturated rings. The fourth-order valence-corrected chi connectivity index (χ4v) is 4.75. The van der Waals surface area contributed by atoms with Crippen molar-refractivity contribution in [3.05, 3.63) is 29.3 Å². The van der Waals surface area contributed by atoms with Gasteiger partial charge in [0.2, 0.25) is 5.91 Å². The smallest absolute Gasteiger partial charge is 0.225 e. The van der Waals surface area contributed by atoms with Crippen molar-refractivity contribution in [2.24, 2.45) is 11.8 Å². The molecule has 0 bridgehead atoms. The van der Waals surface area contributed by atoms with E-state index in [4.69, 9.17) is 0 Å². The number of piperidine rings is 1. The fraction of sp³-hybridized carbons (Fsp3) is 0.636. The summed E-state index contributed by atoms with van der Waals surface area (Å²) in [4.78, 5) is 24.2. The Morgan fingerprint density at radius 3 is 2.69 bits per heavy atom. The number of nitrogens with zero attached hydrogens (tertiary/aromatic N) is 4. The minimum atomic E-state index is 0.261. The maximum Gasteiger partial charge on any atom is 0.225 e. The van der Waals surface area contributed by atoms with Gasteiger partial charge >= 0.3 is 0 Å². The lowest BCUT2D eigenvalue weighted by Gasteiger charge is -2.36. The van der Waals surface area contributed by atoms with Crippen LogP contribution in [0.15, 0.2) is 12.1 Å². The number of likely N-dealkylation sites (tertiary alicyclic amines) is 1. The molecule has 1 aliphatic heterocycles. The SMILES string of the molecule is Cc1nc(C[C@H]2CCCN(C(=O)C3CCCCC3)C2)cc(Nc2cc(C)[nH]n2)n1. The predicted octanol–water partition coefficient (Wildman–Crippen LogP) is 3.92. The number of nitrogens with one attached hydrogen (secondary N) is 2. The molecule has 156 valence electrons. The van der Waals surface area contributed by atoms with Gasteiger partial charge < -0.3 is 10.2 Å². The van der Waals surface area contributed by atoms with Crippen molar-refractivity contribution in [2.45, 2.75) is 65.2 Å². The molecular formula is C22H32N6O. The number of anilines is 2. The molecule has 7 heteroatoms. The van der Waals surface area contributed by atoms with Crippen LogP contribution >= 0.6 is 0 Å². The van der Waals surface area contributed by atoms with Crippen LogP contribution in [0.25, 0.3) is 0 Å². The predicted molar refractivity (Wildman–Crippen MR) is 113 cm³/mol. The van der Waals surface area contributed by atoms with Gasteiger partial charge in [0.05, 0.1) is 0 Å². The number of hydrogen-bond donors (Lipinski definition) is 2. The highest BCUT2D eigenvalue weighted by molar-refractivity contribution is 5.79. The quantitative estimate of drug-likeness (QED) is 0.800. The first kappa shape index (κ1) is 19.9. The van der Waals surface area contributed by atoms with Gasteiger partial charge in [-0.15, -0.1) is 0 Å². The second kappa shape index (κ2) is 8.93. The summed E-state index contributed by atoms with van der Waals surface area (Å²) >= 11 is 0. The third-order valence-electron chi connectivity index (χ3n) is 6.14. The Labute approximate surface area is 172 Å². The van der Waals surface area contributed by atoms with Crippen molar-refractivity contribution in [2.75, 3.05) is 18.4 Å². The Hall–Kier alpha value is -2.44. The minimum absolute atomic E-state index is 0.261. The maximum atomic E-state index is 12.9. The third-order valence-corrected chi connectivity index (χ3v) is 6.14. The van der Waals surface area contributed by atoms with Crippen LogP contribution in [0.4, 0.5) is 11.6 Å². The first-order chi connectivity index (χ1) is 14.1. The highest BCUT2D eigenvalue weighted by Gasteiger charge is 2.30. The Balaban J connectivity index is 1.39. The molecule has 0 unspecified atom stereocenters. The van der Waals surface area contributed by atoms with Crippen molar-refractivity contribution < 1.29 is 4.79 Å². The van der Waals surface area contributed by atoms with Crippen molar-refractivity contribution in [1.82, 2.24) is 25.1 Å². The molecule has 29 heavy (non-hydrogen) atoms. The van der Waals surface area contributed by atoms with E-state index in [9.17, 15) is 4.79 Å². The van der Waals surface area contributed by atoms with E-state index in [-0.39, 0.29) is 5.92 Å². The lowest BCUT2D eigenvalue weighted by molar-refractivity contribution is -0.138. The first-order valence-corrected chi connectivity index (χ1v) is 11.0. The molecule has 2 aromatic heterocycles. The van der Waals surface area contributed by atoms with Gasteiger partial charge in [0.1, 0.15) is 11.6 Å². The molecule has 4 rings (SSSR count). The van der Waals surface area contributed by atoms with Crippen LogP contribution in [-0.4, -0.2) is 44.1 Å². The summed E-state index contributed by atoms with van der Waals surface area (Å²) in [6.07, 6.45) is 8.97. The van der Waals surface area contributed by atoms with Crippen LogP contribution in [0.2, 0.25) is 0 Å². The normalized spacial score (nSPS) is 20.6. The molecule has 1 saturated carbocycles. The zero-order valence-electron chi connectivity index (χ0n) is 17.6. The lowest BCUT2D eigenvalue weighted by atomic mass is 9.86. The van der Waals surface area contributed by atoms with E-state index < -0.39 is 0 Å². The zero-order valence-corrected chi connectivity index (χ0v) is 17.6. The van der Waals surface area contributed by atoms with Crippen LogP contribution in [0.1, 0.15) is 62.2 Å². The summed E-state index contributed by atoms with van der Waals surface area (Å²) in [5.74, 6) is 3.40. The number of aromatic amines is 1. The van der Waals surface area contributed by atoms with E-state index in [1.165, 1.54) is 19.3 Å². The van der Waals surface area contributed by atoms with E-state index in [1.54, 1.807) is 0 Å². The van der Waals surface area contributed by atoms with E-state index in [1.807, 2.05) is 26.0 Å². The molecule has 3 heterocycles. The Bertz CT molecular complexity index is 842. The van der Waals surface area contributed by atoms with Crippen LogP contribution in [0.3, 0.4) is 0 Å². The summed E-state index contributed by atoms with van der Waals surface area (Å²) in [7, 11) is 0. The van der Waals surface area contributed by atoms with Gasteiger partial charge in [-0.3, -0.25) is 9.89 Å². The summed E-state index contributed by atoms with van der Waals surface area (Å²) < 4.78 is 0. The molecular weight excluding hydrogens is 364 g/mol. The molecule has 1 saturated heterocycles. The van der Waals surface area contributed by atoms with Crippen molar-refractivity contribution in [1.29, 1.82) is 0 Å².